The second-order valence-electron chi connectivity index (χ2n) is 5.50. The van der Waals surface area contributed by atoms with Crippen molar-refractivity contribution < 1.29 is 14.2 Å². The third-order valence-electron chi connectivity index (χ3n) is 2.77. The average Bonchev–Trinajstić information content (AvgIpc) is 2.48. The van der Waals surface area contributed by atoms with Gasteiger partial charge in [0.25, 0.3) is 0 Å². The van der Waals surface area contributed by atoms with Gasteiger partial charge in [0.05, 0.1) is 6.10 Å². The molecule has 2 aromatic rings. The van der Waals surface area contributed by atoms with Gasteiger partial charge in [0.15, 0.2) is 0 Å². The van der Waals surface area contributed by atoms with E-state index in [1.807, 2.05) is 69.3 Å². The summed E-state index contributed by atoms with van der Waals surface area (Å²) in [5.74, 6) is 3.14. The molecule has 22 heavy (non-hydrogen) atoms. The first-order chi connectivity index (χ1) is 10.5. The lowest BCUT2D eigenvalue weighted by atomic mass is 10.3. The number of benzene rings is 2. The van der Waals surface area contributed by atoms with Gasteiger partial charge in [-0.2, -0.15) is 0 Å². The van der Waals surface area contributed by atoms with Crippen LogP contribution in [0.3, 0.4) is 0 Å². The third-order valence-corrected chi connectivity index (χ3v) is 2.77. The minimum Gasteiger partial charge on any atom is -0.492 e. The standard InChI is InChI=1S/C18H23NO3/c1-13(2)21-16-8-10-18(11-9-16)22-17-6-4-15(5-7-17)20-12-14(3)19/h4-11,13-14H,12,19H2,1-3H3/t14-/m0/s1. The van der Waals surface area contributed by atoms with Crippen molar-refractivity contribution in [3.63, 3.8) is 0 Å². The van der Waals surface area contributed by atoms with Crippen LogP contribution in [-0.4, -0.2) is 18.8 Å². The Morgan fingerprint density at radius 2 is 1.23 bits per heavy atom. The van der Waals surface area contributed by atoms with Crippen molar-refractivity contribution in [1.82, 2.24) is 0 Å². The number of ether oxygens (including phenoxy) is 3. The average molecular weight is 301 g/mol. The molecule has 0 saturated heterocycles. The van der Waals surface area contributed by atoms with E-state index in [0.29, 0.717) is 6.61 Å². The van der Waals surface area contributed by atoms with E-state index in [4.69, 9.17) is 19.9 Å². The van der Waals surface area contributed by atoms with Gasteiger partial charge in [-0.1, -0.05) is 0 Å². The molecule has 0 saturated carbocycles. The first kappa shape index (κ1) is 16.2. The highest BCUT2D eigenvalue weighted by atomic mass is 16.5. The molecule has 0 radical (unpaired) electrons. The zero-order valence-corrected chi connectivity index (χ0v) is 13.3. The molecule has 118 valence electrons. The van der Waals surface area contributed by atoms with Gasteiger partial charge in [-0.05, 0) is 69.3 Å². The second-order valence-corrected chi connectivity index (χ2v) is 5.50. The molecule has 2 rings (SSSR count). The van der Waals surface area contributed by atoms with Crippen LogP contribution in [0.25, 0.3) is 0 Å². The molecule has 0 aliphatic rings. The highest BCUT2D eigenvalue weighted by Crippen LogP contribution is 2.26. The van der Waals surface area contributed by atoms with Gasteiger partial charge < -0.3 is 19.9 Å². The Kier molecular flexibility index (Phi) is 5.67. The zero-order chi connectivity index (χ0) is 15.9. The van der Waals surface area contributed by atoms with E-state index < -0.39 is 0 Å². The van der Waals surface area contributed by atoms with Crippen molar-refractivity contribution in [2.75, 3.05) is 6.61 Å². The van der Waals surface area contributed by atoms with Crippen LogP contribution in [-0.2, 0) is 0 Å². The van der Waals surface area contributed by atoms with E-state index >= 15 is 0 Å². The maximum Gasteiger partial charge on any atom is 0.127 e. The number of nitrogens with two attached hydrogens (primary N) is 1. The highest BCUT2D eigenvalue weighted by Gasteiger charge is 2.02. The molecule has 0 heterocycles. The SMILES string of the molecule is CC(C)Oc1ccc(Oc2ccc(OC[C@H](C)N)cc2)cc1. The summed E-state index contributed by atoms with van der Waals surface area (Å²) in [6.07, 6.45) is 0.163. The summed E-state index contributed by atoms with van der Waals surface area (Å²) in [7, 11) is 0. The Morgan fingerprint density at radius 3 is 1.68 bits per heavy atom. The van der Waals surface area contributed by atoms with Crippen molar-refractivity contribution in [1.29, 1.82) is 0 Å². The molecule has 0 unspecified atom stereocenters. The lowest BCUT2D eigenvalue weighted by molar-refractivity contribution is 0.242. The summed E-state index contributed by atoms with van der Waals surface area (Å²) >= 11 is 0. The molecular formula is C18H23NO3. The quantitative estimate of drug-likeness (QED) is 0.840. The van der Waals surface area contributed by atoms with Gasteiger partial charge in [0, 0.05) is 6.04 Å². The van der Waals surface area contributed by atoms with Crippen LogP contribution in [0.2, 0.25) is 0 Å². The van der Waals surface area contributed by atoms with E-state index in [0.717, 1.165) is 23.0 Å². The largest absolute Gasteiger partial charge is 0.492 e. The number of hydrogen-bond acceptors (Lipinski definition) is 4. The fourth-order valence-electron chi connectivity index (χ4n) is 1.83. The first-order valence-electron chi connectivity index (χ1n) is 7.46. The first-order valence-corrected chi connectivity index (χ1v) is 7.46. The van der Waals surface area contributed by atoms with Crippen molar-refractivity contribution in [3.8, 4) is 23.0 Å². The lowest BCUT2D eigenvalue weighted by Gasteiger charge is -2.11. The van der Waals surface area contributed by atoms with Gasteiger partial charge in [-0.25, -0.2) is 0 Å². The third kappa shape index (κ3) is 5.30. The summed E-state index contributed by atoms with van der Waals surface area (Å²) in [5.41, 5.74) is 5.65. The molecule has 0 fully saturated rings. The maximum absolute atomic E-state index is 5.78. The summed E-state index contributed by atoms with van der Waals surface area (Å²) in [6.45, 7) is 6.40. The normalized spacial score (nSPS) is 12.0. The minimum absolute atomic E-state index is 0.0162. The summed E-state index contributed by atoms with van der Waals surface area (Å²) in [5, 5.41) is 0. The Hall–Kier alpha value is -2.20. The molecule has 4 heteroatoms. The minimum atomic E-state index is 0.0162. The Bertz CT molecular complexity index is 562. The van der Waals surface area contributed by atoms with E-state index in [9.17, 15) is 0 Å². The predicted octanol–water partition coefficient (Wildman–Crippen LogP) is 3.99. The molecule has 0 bridgehead atoms. The smallest absolute Gasteiger partial charge is 0.127 e. The molecule has 2 N–H and O–H groups in total. The topological polar surface area (TPSA) is 53.7 Å². The monoisotopic (exact) mass is 301 g/mol. The molecular weight excluding hydrogens is 278 g/mol. The summed E-state index contributed by atoms with van der Waals surface area (Å²) < 4.78 is 16.9. The van der Waals surface area contributed by atoms with Gasteiger partial charge in [0.2, 0.25) is 0 Å². The van der Waals surface area contributed by atoms with Crippen LogP contribution < -0.4 is 19.9 Å². The van der Waals surface area contributed by atoms with E-state index in [1.54, 1.807) is 0 Å². The van der Waals surface area contributed by atoms with Crippen molar-refractivity contribution in [2.24, 2.45) is 5.73 Å². The fourth-order valence-corrected chi connectivity index (χ4v) is 1.83. The number of rotatable bonds is 7. The van der Waals surface area contributed by atoms with Crippen molar-refractivity contribution >= 4 is 0 Å². The maximum atomic E-state index is 5.78. The predicted molar refractivity (Wildman–Crippen MR) is 87.9 cm³/mol. The van der Waals surface area contributed by atoms with E-state index in [2.05, 4.69) is 0 Å². The Labute approximate surface area is 131 Å². The zero-order valence-electron chi connectivity index (χ0n) is 13.3. The summed E-state index contributed by atoms with van der Waals surface area (Å²) in [4.78, 5) is 0. The lowest BCUT2D eigenvalue weighted by Crippen LogP contribution is -2.23. The van der Waals surface area contributed by atoms with Crippen LogP contribution >= 0.6 is 0 Å². The van der Waals surface area contributed by atoms with Crippen LogP contribution in [0.5, 0.6) is 23.0 Å². The van der Waals surface area contributed by atoms with E-state index in [1.165, 1.54) is 0 Å². The molecule has 0 amide bonds. The van der Waals surface area contributed by atoms with Crippen LogP contribution in [0.4, 0.5) is 0 Å². The van der Waals surface area contributed by atoms with Gasteiger partial charge in [0.1, 0.15) is 29.6 Å². The van der Waals surface area contributed by atoms with Crippen LogP contribution in [0.15, 0.2) is 48.5 Å². The van der Waals surface area contributed by atoms with Crippen LogP contribution in [0.1, 0.15) is 20.8 Å². The fraction of sp³-hybridized carbons (Fsp3) is 0.333. The molecule has 4 nitrogen and oxygen atoms in total. The molecule has 0 aliphatic carbocycles. The molecule has 0 aromatic heterocycles. The molecule has 1 atom stereocenters. The molecule has 0 aliphatic heterocycles. The van der Waals surface area contributed by atoms with E-state index in [-0.39, 0.29) is 12.1 Å². The molecule has 2 aromatic carbocycles. The highest BCUT2D eigenvalue weighted by molar-refractivity contribution is 5.37. The second kappa shape index (κ2) is 7.71. The van der Waals surface area contributed by atoms with Gasteiger partial charge in [-0.15, -0.1) is 0 Å². The van der Waals surface area contributed by atoms with Gasteiger partial charge >= 0.3 is 0 Å². The molecule has 0 spiro atoms. The number of hydrogen-bond donors (Lipinski definition) is 1. The Balaban J connectivity index is 1.93. The van der Waals surface area contributed by atoms with Crippen molar-refractivity contribution in [2.45, 2.75) is 32.9 Å². The summed E-state index contributed by atoms with van der Waals surface area (Å²) in [6, 6.07) is 15.1. The van der Waals surface area contributed by atoms with Crippen LogP contribution in [0, 0.1) is 0 Å². The Morgan fingerprint density at radius 1 is 0.773 bits per heavy atom. The van der Waals surface area contributed by atoms with Crippen molar-refractivity contribution in [3.05, 3.63) is 48.5 Å². The van der Waals surface area contributed by atoms with Gasteiger partial charge in [-0.3, -0.25) is 0 Å².